The molecule has 0 spiro atoms. The highest BCUT2D eigenvalue weighted by molar-refractivity contribution is 5.79. The van der Waals surface area contributed by atoms with Crippen molar-refractivity contribution in [3.63, 3.8) is 0 Å². The molecule has 3 rings (SSSR count). The fourth-order valence-electron chi connectivity index (χ4n) is 3.56. The van der Waals surface area contributed by atoms with E-state index in [1.807, 2.05) is 4.90 Å². The van der Waals surface area contributed by atoms with Crippen molar-refractivity contribution < 1.29 is 4.79 Å². The minimum Gasteiger partial charge on any atom is -0.338 e. The van der Waals surface area contributed by atoms with Crippen LogP contribution in [0.1, 0.15) is 30.4 Å². The van der Waals surface area contributed by atoms with Crippen LogP contribution in [0.3, 0.4) is 0 Å². The molecule has 3 nitrogen and oxygen atoms in total. The molecule has 0 bridgehead atoms. The van der Waals surface area contributed by atoms with E-state index >= 15 is 0 Å². The lowest BCUT2D eigenvalue weighted by Crippen LogP contribution is -2.41. The molecular formula is C16H22N2O. The van der Waals surface area contributed by atoms with Crippen molar-refractivity contribution in [2.45, 2.75) is 32.2 Å². The molecule has 1 aromatic carbocycles. The Labute approximate surface area is 114 Å². The molecule has 0 aromatic heterocycles. The summed E-state index contributed by atoms with van der Waals surface area (Å²) < 4.78 is 0. The molecule has 1 aliphatic heterocycles. The molecule has 102 valence electrons. The number of hydrogen-bond acceptors (Lipinski definition) is 2. The topological polar surface area (TPSA) is 46.3 Å². The highest BCUT2D eigenvalue weighted by Crippen LogP contribution is 2.33. The summed E-state index contributed by atoms with van der Waals surface area (Å²) in [5.41, 5.74) is 8.50. The Kier molecular flexibility index (Phi) is 3.56. The van der Waals surface area contributed by atoms with E-state index in [0.717, 1.165) is 38.8 Å². The van der Waals surface area contributed by atoms with Gasteiger partial charge in [-0.15, -0.1) is 0 Å². The number of carbonyl (C=O) groups excluding carboxylic acids is 1. The molecule has 0 saturated heterocycles. The molecule has 2 aliphatic rings. The molecular weight excluding hydrogens is 236 g/mol. The van der Waals surface area contributed by atoms with E-state index in [0.29, 0.717) is 18.4 Å². The van der Waals surface area contributed by atoms with E-state index in [2.05, 4.69) is 24.3 Å². The average Bonchev–Trinajstić information content (AvgIpc) is 2.94. The van der Waals surface area contributed by atoms with Crippen LogP contribution in [-0.4, -0.2) is 23.9 Å². The van der Waals surface area contributed by atoms with Crippen LogP contribution in [0.25, 0.3) is 0 Å². The molecule has 1 aromatic rings. The van der Waals surface area contributed by atoms with Crippen molar-refractivity contribution in [2.75, 3.05) is 13.1 Å². The largest absolute Gasteiger partial charge is 0.338 e. The van der Waals surface area contributed by atoms with E-state index in [4.69, 9.17) is 5.73 Å². The van der Waals surface area contributed by atoms with E-state index in [1.165, 1.54) is 11.1 Å². The maximum atomic E-state index is 12.6. The number of amides is 1. The van der Waals surface area contributed by atoms with Crippen LogP contribution in [-0.2, 0) is 17.8 Å². The molecule has 1 aliphatic carbocycles. The summed E-state index contributed by atoms with van der Waals surface area (Å²) in [6.07, 6.45) is 4.29. The molecule has 2 atom stereocenters. The smallest absolute Gasteiger partial charge is 0.226 e. The maximum absolute atomic E-state index is 12.6. The second-order valence-electron chi connectivity index (χ2n) is 5.81. The molecule has 1 fully saturated rings. The monoisotopic (exact) mass is 258 g/mol. The summed E-state index contributed by atoms with van der Waals surface area (Å²) in [5, 5.41) is 0. The number of fused-ring (bicyclic) bond motifs is 1. The van der Waals surface area contributed by atoms with E-state index in [9.17, 15) is 4.79 Å². The van der Waals surface area contributed by atoms with Gasteiger partial charge in [0.15, 0.2) is 0 Å². The Hall–Kier alpha value is -1.35. The first-order valence-corrected chi connectivity index (χ1v) is 7.35. The number of carbonyl (C=O) groups is 1. The van der Waals surface area contributed by atoms with Crippen molar-refractivity contribution in [1.29, 1.82) is 0 Å². The fraction of sp³-hybridized carbons (Fsp3) is 0.562. The van der Waals surface area contributed by atoms with E-state index in [-0.39, 0.29) is 5.92 Å². The van der Waals surface area contributed by atoms with Crippen molar-refractivity contribution in [1.82, 2.24) is 4.90 Å². The molecule has 19 heavy (non-hydrogen) atoms. The Bertz CT molecular complexity index is 472. The molecule has 1 amide bonds. The van der Waals surface area contributed by atoms with Gasteiger partial charge in [-0.2, -0.15) is 0 Å². The third kappa shape index (κ3) is 2.39. The van der Waals surface area contributed by atoms with Gasteiger partial charge in [0.05, 0.1) is 0 Å². The number of benzene rings is 1. The zero-order chi connectivity index (χ0) is 13.2. The highest BCUT2D eigenvalue weighted by Gasteiger charge is 2.35. The normalized spacial score (nSPS) is 26.3. The summed E-state index contributed by atoms with van der Waals surface area (Å²) in [4.78, 5) is 14.7. The predicted molar refractivity (Wildman–Crippen MR) is 75.4 cm³/mol. The predicted octanol–water partition coefficient (Wildman–Crippen LogP) is 1.95. The van der Waals surface area contributed by atoms with Crippen molar-refractivity contribution in [3.05, 3.63) is 35.4 Å². The van der Waals surface area contributed by atoms with Crippen molar-refractivity contribution in [3.8, 4) is 0 Å². The van der Waals surface area contributed by atoms with Gasteiger partial charge in [0.25, 0.3) is 0 Å². The Balaban J connectivity index is 1.72. The zero-order valence-corrected chi connectivity index (χ0v) is 11.3. The second kappa shape index (κ2) is 5.33. The standard InChI is InChI=1S/C16H22N2O/c17-10-13-6-3-7-15(13)16(19)18-9-8-12-4-1-2-5-14(12)11-18/h1-2,4-5,13,15H,3,6-11,17H2. The van der Waals surface area contributed by atoms with Crippen molar-refractivity contribution >= 4 is 5.91 Å². The first-order valence-electron chi connectivity index (χ1n) is 7.35. The van der Waals surface area contributed by atoms with Crippen LogP contribution >= 0.6 is 0 Å². The third-order valence-corrected chi connectivity index (χ3v) is 4.72. The number of hydrogen-bond donors (Lipinski definition) is 1. The molecule has 1 saturated carbocycles. The van der Waals surface area contributed by atoms with Gasteiger partial charge in [0.1, 0.15) is 0 Å². The summed E-state index contributed by atoms with van der Waals surface area (Å²) >= 11 is 0. The minimum atomic E-state index is 0.176. The lowest BCUT2D eigenvalue weighted by atomic mass is 9.92. The first-order chi connectivity index (χ1) is 9.29. The Morgan fingerprint density at radius 1 is 1.26 bits per heavy atom. The summed E-state index contributed by atoms with van der Waals surface area (Å²) in [6, 6.07) is 8.46. The van der Waals surface area contributed by atoms with Gasteiger partial charge in [-0.3, -0.25) is 4.79 Å². The summed E-state index contributed by atoms with van der Waals surface area (Å²) in [5.74, 6) is 0.919. The molecule has 0 radical (unpaired) electrons. The Morgan fingerprint density at radius 2 is 2.05 bits per heavy atom. The summed E-state index contributed by atoms with van der Waals surface area (Å²) in [6.45, 7) is 2.30. The minimum absolute atomic E-state index is 0.176. The van der Waals surface area contributed by atoms with Crippen LogP contribution in [0.4, 0.5) is 0 Å². The van der Waals surface area contributed by atoms with Crippen LogP contribution in [0, 0.1) is 11.8 Å². The van der Waals surface area contributed by atoms with Crippen LogP contribution < -0.4 is 5.73 Å². The van der Waals surface area contributed by atoms with Gasteiger partial charge in [0, 0.05) is 19.0 Å². The van der Waals surface area contributed by atoms with Gasteiger partial charge in [-0.25, -0.2) is 0 Å². The summed E-state index contributed by atoms with van der Waals surface area (Å²) in [7, 11) is 0. The lowest BCUT2D eigenvalue weighted by Gasteiger charge is -2.32. The zero-order valence-electron chi connectivity index (χ0n) is 11.3. The van der Waals surface area contributed by atoms with Gasteiger partial charge in [0.2, 0.25) is 5.91 Å². The first kappa shape index (κ1) is 12.7. The van der Waals surface area contributed by atoms with Crippen LogP contribution in [0.15, 0.2) is 24.3 Å². The van der Waals surface area contributed by atoms with Gasteiger partial charge < -0.3 is 10.6 Å². The van der Waals surface area contributed by atoms with E-state index < -0.39 is 0 Å². The number of nitrogens with zero attached hydrogens (tertiary/aromatic N) is 1. The molecule has 1 heterocycles. The van der Waals surface area contributed by atoms with Crippen LogP contribution in [0.5, 0.6) is 0 Å². The van der Waals surface area contributed by atoms with E-state index in [1.54, 1.807) is 0 Å². The van der Waals surface area contributed by atoms with Gasteiger partial charge in [-0.05, 0) is 42.9 Å². The fourth-order valence-corrected chi connectivity index (χ4v) is 3.56. The maximum Gasteiger partial charge on any atom is 0.226 e. The number of rotatable bonds is 2. The quantitative estimate of drug-likeness (QED) is 0.881. The van der Waals surface area contributed by atoms with Gasteiger partial charge >= 0.3 is 0 Å². The second-order valence-corrected chi connectivity index (χ2v) is 5.81. The lowest BCUT2D eigenvalue weighted by molar-refractivity contribution is -0.137. The van der Waals surface area contributed by atoms with Gasteiger partial charge in [-0.1, -0.05) is 30.7 Å². The molecule has 3 heteroatoms. The molecule has 2 N–H and O–H groups in total. The average molecular weight is 258 g/mol. The van der Waals surface area contributed by atoms with Crippen molar-refractivity contribution in [2.24, 2.45) is 17.6 Å². The SMILES string of the molecule is NCC1CCCC1C(=O)N1CCc2ccccc2C1. The number of nitrogens with two attached hydrogens (primary N) is 1. The third-order valence-electron chi connectivity index (χ3n) is 4.72. The van der Waals surface area contributed by atoms with Crippen LogP contribution in [0.2, 0.25) is 0 Å². The molecule has 2 unspecified atom stereocenters. The highest BCUT2D eigenvalue weighted by atomic mass is 16.2. The Morgan fingerprint density at radius 3 is 2.84 bits per heavy atom.